The minimum Gasteiger partial charge on any atom is -0.366 e. The fourth-order valence-corrected chi connectivity index (χ4v) is 3.65. The quantitative estimate of drug-likeness (QED) is 0.892. The van der Waals surface area contributed by atoms with Gasteiger partial charge < -0.3 is 10.3 Å². The Morgan fingerprint density at radius 3 is 2.62 bits per heavy atom. The summed E-state index contributed by atoms with van der Waals surface area (Å²) in [4.78, 5) is 11.3. The molecule has 3 rings (SSSR count). The Labute approximate surface area is 149 Å². The average Bonchev–Trinajstić information content (AvgIpc) is 2.96. The van der Waals surface area contributed by atoms with E-state index in [0.717, 1.165) is 0 Å². The molecule has 5 nitrogen and oxygen atoms in total. The van der Waals surface area contributed by atoms with E-state index in [0.29, 0.717) is 37.1 Å². The number of alkyl halides is 3. The van der Waals surface area contributed by atoms with E-state index in [1.54, 1.807) is 23.8 Å². The van der Waals surface area contributed by atoms with Crippen LogP contribution in [-0.2, 0) is 17.3 Å². The summed E-state index contributed by atoms with van der Waals surface area (Å²) < 4.78 is 41.7. The fourth-order valence-electron chi connectivity index (χ4n) is 3.65. The summed E-state index contributed by atoms with van der Waals surface area (Å²) in [5.74, 6) is 0.396. The Bertz CT molecular complexity index is 832. The smallest absolute Gasteiger partial charge is 0.366 e. The lowest BCUT2D eigenvalue weighted by Gasteiger charge is -2.31. The van der Waals surface area contributed by atoms with Gasteiger partial charge in [0, 0.05) is 29.2 Å². The molecule has 0 fully saturated rings. The van der Waals surface area contributed by atoms with Crippen molar-refractivity contribution in [3.05, 3.63) is 41.0 Å². The van der Waals surface area contributed by atoms with Crippen LogP contribution in [0.3, 0.4) is 0 Å². The predicted molar refractivity (Wildman–Crippen MR) is 90.8 cm³/mol. The van der Waals surface area contributed by atoms with Crippen molar-refractivity contribution in [3.63, 3.8) is 0 Å². The molecule has 0 aromatic carbocycles. The van der Waals surface area contributed by atoms with Crippen LogP contribution in [0.15, 0.2) is 29.4 Å². The molecule has 1 aromatic heterocycles. The Morgan fingerprint density at radius 2 is 2.04 bits per heavy atom. The standard InChI is InChI=1S/C18H21F3N4O/c1-17(9-7-11(8-10-17)14(22)26)16-24-23-15(25(16)2)12-5-3-4-6-13(12)18(19,20)21/h3,5,7H,4,6,8-10H2,1-2H3,(H2,22,26). The number of rotatable bonds is 3. The van der Waals surface area contributed by atoms with Crippen molar-refractivity contribution in [2.45, 2.75) is 50.6 Å². The molecule has 0 saturated carbocycles. The topological polar surface area (TPSA) is 73.8 Å². The zero-order chi connectivity index (χ0) is 19.1. The molecule has 2 N–H and O–H groups in total. The van der Waals surface area contributed by atoms with Crippen molar-refractivity contribution in [1.29, 1.82) is 0 Å². The first-order valence-electron chi connectivity index (χ1n) is 8.49. The zero-order valence-electron chi connectivity index (χ0n) is 14.7. The van der Waals surface area contributed by atoms with E-state index >= 15 is 0 Å². The van der Waals surface area contributed by atoms with Crippen molar-refractivity contribution in [2.75, 3.05) is 0 Å². The van der Waals surface area contributed by atoms with E-state index in [1.165, 1.54) is 6.08 Å². The highest BCUT2D eigenvalue weighted by Gasteiger charge is 2.39. The van der Waals surface area contributed by atoms with Crippen LogP contribution in [0, 0.1) is 0 Å². The number of hydrogen-bond donors (Lipinski definition) is 1. The summed E-state index contributed by atoms with van der Waals surface area (Å²) in [5, 5.41) is 8.27. The number of nitrogens with zero attached hydrogens (tertiary/aromatic N) is 3. The maximum atomic E-state index is 13.4. The van der Waals surface area contributed by atoms with Gasteiger partial charge in [0.2, 0.25) is 5.91 Å². The van der Waals surface area contributed by atoms with Gasteiger partial charge in [0.15, 0.2) is 5.82 Å². The Morgan fingerprint density at radius 1 is 1.31 bits per heavy atom. The summed E-state index contributed by atoms with van der Waals surface area (Å²) in [6.07, 6.45) is 2.61. The molecule has 26 heavy (non-hydrogen) atoms. The van der Waals surface area contributed by atoms with Crippen LogP contribution in [0.5, 0.6) is 0 Å². The second kappa shape index (κ2) is 6.41. The molecule has 0 radical (unpaired) electrons. The SMILES string of the molecule is Cn1c(C2=C(C(F)(F)F)CCC=C2)nnc1C1(C)CC=C(C(N)=O)CC1. The molecule has 1 aromatic rings. The number of primary amides is 1. The first-order valence-corrected chi connectivity index (χ1v) is 8.49. The Balaban J connectivity index is 2.00. The van der Waals surface area contributed by atoms with Crippen LogP contribution < -0.4 is 5.73 Å². The van der Waals surface area contributed by atoms with E-state index in [4.69, 9.17) is 5.73 Å². The van der Waals surface area contributed by atoms with Gasteiger partial charge in [-0.05, 0) is 32.1 Å². The molecule has 2 aliphatic carbocycles. The second-order valence-electron chi connectivity index (χ2n) is 7.10. The number of carbonyl (C=O) groups is 1. The highest BCUT2D eigenvalue weighted by atomic mass is 19.4. The first kappa shape index (κ1) is 18.4. The largest absolute Gasteiger partial charge is 0.413 e. The normalized spacial score (nSPS) is 24.0. The lowest BCUT2D eigenvalue weighted by molar-refractivity contribution is -0.114. The lowest BCUT2D eigenvalue weighted by atomic mass is 9.75. The van der Waals surface area contributed by atoms with Crippen LogP contribution in [0.1, 0.15) is 50.7 Å². The van der Waals surface area contributed by atoms with E-state index < -0.39 is 23.1 Å². The van der Waals surface area contributed by atoms with Crippen LogP contribution in [0.2, 0.25) is 0 Å². The summed E-state index contributed by atoms with van der Waals surface area (Å²) in [6, 6.07) is 0. The molecule has 140 valence electrons. The van der Waals surface area contributed by atoms with Crippen molar-refractivity contribution >= 4 is 11.5 Å². The number of halogens is 3. The minimum absolute atomic E-state index is 0.0560. The van der Waals surface area contributed by atoms with Gasteiger partial charge in [-0.25, -0.2) is 0 Å². The monoisotopic (exact) mass is 366 g/mol. The molecule has 8 heteroatoms. The van der Waals surface area contributed by atoms with Crippen LogP contribution in [0.4, 0.5) is 13.2 Å². The molecular formula is C18H21F3N4O. The maximum absolute atomic E-state index is 13.4. The average molecular weight is 366 g/mol. The van der Waals surface area contributed by atoms with Gasteiger partial charge in [-0.3, -0.25) is 4.79 Å². The predicted octanol–water partition coefficient (Wildman–Crippen LogP) is 3.33. The number of carbonyl (C=O) groups excluding carboxylic acids is 1. The van der Waals surface area contributed by atoms with Crippen LogP contribution in [0.25, 0.3) is 5.57 Å². The molecule has 2 aliphatic rings. The molecule has 0 spiro atoms. The highest BCUT2D eigenvalue weighted by Crippen LogP contribution is 2.41. The van der Waals surface area contributed by atoms with Crippen LogP contribution >= 0.6 is 0 Å². The molecule has 0 aliphatic heterocycles. The van der Waals surface area contributed by atoms with Gasteiger partial charge in [-0.15, -0.1) is 10.2 Å². The van der Waals surface area contributed by atoms with Gasteiger partial charge in [0.1, 0.15) is 5.82 Å². The number of allylic oxidation sites excluding steroid dienone is 5. The lowest BCUT2D eigenvalue weighted by Crippen LogP contribution is -2.30. The molecular weight excluding hydrogens is 345 g/mol. The molecule has 1 amide bonds. The molecule has 1 unspecified atom stereocenters. The van der Waals surface area contributed by atoms with Gasteiger partial charge in [-0.2, -0.15) is 13.2 Å². The zero-order valence-corrected chi connectivity index (χ0v) is 14.7. The summed E-state index contributed by atoms with van der Waals surface area (Å²) in [7, 11) is 1.69. The molecule has 1 atom stereocenters. The number of aromatic nitrogens is 3. The Kier molecular flexibility index (Phi) is 4.54. The number of hydrogen-bond acceptors (Lipinski definition) is 3. The second-order valence-corrected chi connectivity index (χ2v) is 7.10. The van der Waals surface area contributed by atoms with Crippen LogP contribution in [-0.4, -0.2) is 26.8 Å². The summed E-state index contributed by atoms with van der Waals surface area (Å²) >= 11 is 0. The third kappa shape index (κ3) is 3.20. The van der Waals surface area contributed by atoms with E-state index in [1.807, 2.05) is 6.92 Å². The van der Waals surface area contributed by atoms with Gasteiger partial charge >= 0.3 is 6.18 Å². The van der Waals surface area contributed by atoms with Gasteiger partial charge in [0.25, 0.3) is 0 Å². The minimum atomic E-state index is -4.39. The molecule has 0 bridgehead atoms. The summed E-state index contributed by atoms with van der Waals surface area (Å²) in [6.45, 7) is 1.98. The summed E-state index contributed by atoms with van der Waals surface area (Å²) in [5.41, 5.74) is 5.02. The van der Waals surface area contributed by atoms with E-state index in [-0.39, 0.29) is 17.8 Å². The van der Waals surface area contributed by atoms with Crippen molar-refractivity contribution in [3.8, 4) is 0 Å². The number of amides is 1. The van der Waals surface area contributed by atoms with Gasteiger partial charge in [0.05, 0.1) is 0 Å². The Hall–Kier alpha value is -2.38. The van der Waals surface area contributed by atoms with E-state index in [9.17, 15) is 18.0 Å². The third-order valence-corrected chi connectivity index (χ3v) is 5.23. The fraction of sp³-hybridized carbons (Fsp3) is 0.500. The number of nitrogens with two attached hydrogens (primary N) is 1. The van der Waals surface area contributed by atoms with Crippen molar-refractivity contribution in [2.24, 2.45) is 12.8 Å². The van der Waals surface area contributed by atoms with Crippen molar-refractivity contribution in [1.82, 2.24) is 14.8 Å². The first-order chi connectivity index (χ1) is 12.1. The van der Waals surface area contributed by atoms with E-state index in [2.05, 4.69) is 10.2 Å². The maximum Gasteiger partial charge on any atom is 0.413 e. The molecule has 0 saturated heterocycles. The van der Waals surface area contributed by atoms with Crippen molar-refractivity contribution < 1.29 is 18.0 Å². The third-order valence-electron chi connectivity index (χ3n) is 5.23. The van der Waals surface area contributed by atoms with Gasteiger partial charge in [-0.1, -0.05) is 25.2 Å². The highest BCUT2D eigenvalue weighted by molar-refractivity contribution is 5.92. The molecule has 1 heterocycles.